The number of fused-ring (bicyclic) bond motifs is 1. The predicted molar refractivity (Wildman–Crippen MR) is 99.5 cm³/mol. The van der Waals surface area contributed by atoms with Gasteiger partial charge in [0.05, 0.1) is 12.0 Å². The van der Waals surface area contributed by atoms with E-state index in [1.807, 2.05) is 6.07 Å². The lowest BCUT2D eigenvalue weighted by molar-refractivity contribution is -0.385. The summed E-state index contributed by atoms with van der Waals surface area (Å²) in [4.78, 5) is 11.0. The lowest BCUT2D eigenvalue weighted by atomic mass is 10.1. The van der Waals surface area contributed by atoms with E-state index in [4.69, 9.17) is 16.3 Å². The van der Waals surface area contributed by atoms with Crippen molar-refractivity contribution < 1.29 is 18.1 Å². The van der Waals surface area contributed by atoms with Crippen molar-refractivity contribution in [1.29, 1.82) is 0 Å². The number of ether oxygens (including phenoxy) is 1. The minimum Gasteiger partial charge on any atom is -0.495 e. The Bertz CT molecular complexity index is 965. The van der Waals surface area contributed by atoms with E-state index in [2.05, 4.69) is 4.72 Å². The van der Waals surface area contributed by atoms with Gasteiger partial charge in [-0.05, 0) is 42.0 Å². The van der Waals surface area contributed by atoms with E-state index in [1.165, 1.54) is 19.2 Å². The molecule has 0 radical (unpaired) electrons. The van der Waals surface area contributed by atoms with Gasteiger partial charge >= 0.3 is 0 Å². The summed E-state index contributed by atoms with van der Waals surface area (Å²) < 4.78 is 33.5. The van der Waals surface area contributed by atoms with E-state index in [0.29, 0.717) is 11.4 Å². The summed E-state index contributed by atoms with van der Waals surface area (Å²) in [6.07, 6.45) is 0.578. The summed E-state index contributed by atoms with van der Waals surface area (Å²) in [7, 11) is -2.73. The number of nitrogens with zero attached hydrogens (tertiary/aromatic N) is 1. The average Bonchev–Trinajstić information content (AvgIpc) is 2.61. The third-order valence-electron chi connectivity index (χ3n) is 3.96. The highest BCUT2D eigenvalue weighted by Crippen LogP contribution is 2.39. The zero-order valence-corrected chi connectivity index (χ0v) is 16.0. The van der Waals surface area contributed by atoms with Gasteiger partial charge in [-0.15, -0.1) is 11.8 Å². The number of halogens is 1. The largest absolute Gasteiger partial charge is 0.495 e. The first-order valence-corrected chi connectivity index (χ1v) is 10.4. The summed E-state index contributed by atoms with van der Waals surface area (Å²) >= 11 is 7.68. The normalized spacial score (nSPS) is 16.8. The molecule has 0 spiro atoms. The van der Waals surface area contributed by atoms with Gasteiger partial charge < -0.3 is 4.74 Å². The minimum absolute atomic E-state index is 0.0413. The van der Waals surface area contributed by atoms with Gasteiger partial charge in [0, 0.05) is 28.1 Å². The molecule has 0 aliphatic carbocycles. The van der Waals surface area contributed by atoms with E-state index >= 15 is 0 Å². The number of nitrogens with one attached hydrogen (secondary N) is 1. The molecule has 1 heterocycles. The Morgan fingerprint density at radius 2 is 2.08 bits per heavy atom. The SMILES string of the molecule is COc1ccc([N+](=O)[O-])cc1S(=O)(=O)N[C@H]1CCSc2ccc(Cl)cc21. The van der Waals surface area contributed by atoms with Crippen molar-refractivity contribution >= 4 is 39.1 Å². The van der Waals surface area contributed by atoms with Crippen LogP contribution in [-0.2, 0) is 10.0 Å². The van der Waals surface area contributed by atoms with Crippen molar-refractivity contribution in [3.05, 3.63) is 57.1 Å². The molecule has 10 heteroatoms. The second-order valence-corrected chi connectivity index (χ2v) is 8.84. The molecule has 1 aliphatic rings. The van der Waals surface area contributed by atoms with Crippen LogP contribution >= 0.6 is 23.4 Å². The number of methoxy groups -OCH3 is 1. The highest BCUT2D eigenvalue weighted by molar-refractivity contribution is 7.99. The predicted octanol–water partition coefficient (Wildman–Crippen LogP) is 3.77. The van der Waals surface area contributed by atoms with Crippen molar-refractivity contribution in [3.8, 4) is 5.75 Å². The summed E-state index contributed by atoms with van der Waals surface area (Å²) in [5.74, 6) is 0.785. The molecule has 3 rings (SSSR count). The van der Waals surface area contributed by atoms with Crippen LogP contribution in [0.4, 0.5) is 5.69 Å². The van der Waals surface area contributed by atoms with Crippen molar-refractivity contribution in [2.45, 2.75) is 22.3 Å². The fourth-order valence-electron chi connectivity index (χ4n) is 2.73. The van der Waals surface area contributed by atoms with Crippen molar-refractivity contribution in [1.82, 2.24) is 4.72 Å². The third-order valence-corrected chi connectivity index (χ3v) is 6.81. The molecule has 2 aromatic carbocycles. The molecule has 0 amide bonds. The molecule has 0 saturated carbocycles. The monoisotopic (exact) mass is 414 g/mol. The molecule has 0 bridgehead atoms. The Morgan fingerprint density at radius 3 is 2.77 bits per heavy atom. The van der Waals surface area contributed by atoms with E-state index in [9.17, 15) is 18.5 Å². The molecule has 0 fully saturated rings. The summed E-state index contributed by atoms with van der Waals surface area (Å²) in [5, 5.41) is 11.5. The number of rotatable bonds is 5. The summed E-state index contributed by atoms with van der Waals surface area (Å²) in [6.45, 7) is 0. The first-order chi connectivity index (χ1) is 12.3. The maximum absolute atomic E-state index is 12.9. The topological polar surface area (TPSA) is 98.5 Å². The van der Waals surface area contributed by atoms with Crippen LogP contribution in [-0.4, -0.2) is 26.2 Å². The summed E-state index contributed by atoms with van der Waals surface area (Å²) in [5.41, 5.74) is 0.468. The highest BCUT2D eigenvalue weighted by Gasteiger charge is 2.29. The number of nitro groups is 1. The van der Waals surface area contributed by atoms with Gasteiger partial charge in [-0.3, -0.25) is 10.1 Å². The van der Waals surface area contributed by atoms with E-state index in [1.54, 1.807) is 23.9 Å². The number of hydrogen-bond acceptors (Lipinski definition) is 6. The number of non-ortho nitro benzene ring substituents is 1. The summed E-state index contributed by atoms with van der Waals surface area (Å²) in [6, 6.07) is 8.35. The molecule has 0 aromatic heterocycles. The fraction of sp³-hybridized carbons (Fsp3) is 0.250. The van der Waals surface area contributed by atoms with E-state index in [0.717, 1.165) is 22.3 Å². The van der Waals surface area contributed by atoms with Gasteiger partial charge in [-0.1, -0.05) is 11.6 Å². The molecular weight excluding hydrogens is 400 g/mol. The van der Waals surface area contributed by atoms with Crippen molar-refractivity contribution in [2.24, 2.45) is 0 Å². The third kappa shape index (κ3) is 3.80. The Labute approximate surface area is 159 Å². The molecule has 26 heavy (non-hydrogen) atoms. The van der Waals surface area contributed by atoms with Gasteiger partial charge in [0.1, 0.15) is 10.6 Å². The number of sulfonamides is 1. The van der Waals surface area contributed by atoms with Crippen LogP contribution in [0.2, 0.25) is 5.02 Å². The lowest BCUT2D eigenvalue weighted by Gasteiger charge is -2.26. The van der Waals surface area contributed by atoms with Crippen LogP contribution in [0.3, 0.4) is 0 Å². The number of thioether (sulfide) groups is 1. The van der Waals surface area contributed by atoms with Crippen LogP contribution in [0.1, 0.15) is 18.0 Å². The fourth-order valence-corrected chi connectivity index (χ4v) is 5.45. The van der Waals surface area contributed by atoms with Gasteiger partial charge in [0.2, 0.25) is 10.0 Å². The highest BCUT2D eigenvalue weighted by atomic mass is 35.5. The maximum atomic E-state index is 12.9. The quantitative estimate of drug-likeness (QED) is 0.590. The molecule has 1 N–H and O–H groups in total. The van der Waals surface area contributed by atoms with Gasteiger partial charge in [0.15, 0.2) is 0 Å². The first-order valence-electron chi connectivity index (χ1n) is 7.59. The van der Waals surface area contributed by atoms with Gasteiger partial charge in [-0.25, -0.2) is 13.1 Å². The second-order valence-electron chi connectivity index (χ2n) is 5.59. The van der Waals surface area contributed by atoms with Crippen LogP contribution in [0.15, 0.2) is 46.2 Å². The van der Waals surface area contributed by atoms with Crippen LogP contribution < -0.4 is 9.46 Å². The Hall–Kier alpha value is -1.81. The first kappa shape index (κ1) is 19.0. The van der Waals surface area contributed by atoms with Crippen LogP contribution in [0, 0.1) is 10.1 Å². The Balaban J connectivity index is 2.00. The van der Waals surface area contributed by atoms with Crippen LogP contribution in [0.25, 0.3) is 0 Å². The van der Waals surface area contributed by atoms with Crippen molar-refractivity contribution in [3.63, 3.8) is 0 Å². The minimum atomic E-state index is -4.05. The molecular formula is C16H15ClN2O5S2. The standard InChI is InChI=1S/C16H15ClN2O5S2/c1-24-14-4-3-11(19(20)21)9-16(14)26(22,23)18-13-6-7-25-15-5-2-10(17)8-12(13)15/h2-5,8-9,13,18H,6-7H2,1H3/t13-/m0/s1. The molecule has 1 aliphatic heterocycles. The Morgan fingerprint density at radius 1 is 1.31 bits per heavy atom. The van der Waals surface area contributed by atoms with Gasteiger partial charge in [0.25, 0.3) is 5.69 Å². The van der Waals surface area contributed by atoms with Crippen LogP contribution in [0.5, 0.6) is 5.75 Å². The molecule has 7 nitrogen and oxygen atoms in total. The van der Waals surface area contributed by atoms with Crippen molar-refractivity contribution in [2.75, 3.05) is 12.9 Å². The number of hydrogen-bond donors (Lipinski definition) is 1. The zero-order valence-electron chi connectivity index (χ0n) is 13.6. The molecule has 0 unspecified atom stereocenters. The smallest absolute Gasteiger partial charge is 0.271 e. The molecule has 2 aromatic rings. The van der Waals surface area contributed by atoms with E-state index in [-0.39, 0.29) is 16.3 Å². The molecule has 0 saturated heterocycles. The zero-order chi connectivity index (χ0) is 18.9. The Kier molecular flexibility index (Phi) is 5.42. The molecule has 1 atom stereocenters. The average molecular weight is 415 g/mol. The van der Waals surface area contributed by atoms with Gasteiger partial charge in [-0.2, -0.15) is 0 Å². The lowest BCUT2D eigenvalue weighted by Crippen LogP contribution is -2.31. The second kappa shape index (κ2) is 7.43. The van der Waals surface area contributed by atoms with E-state index < -0.39 is 21.0 Å². The maximum Gasteiger partial charge on any atom is 0.271 e. The molecule has 138 valence electrons. The number of benzene rings is 2. The number of nitro benzene ring substituents is 1.